The Morgan fingerprint density at radius 1 is 1.29 bits per heavy atom. The van der Waals surface area contributed by atoms with E-state index in [1.54, 1.807) is 0 Å². The van der Waals surface area contributed by atoms with Gasteiger partial charge in [-0.05, 0) is 35.4 Å². The minimum absolute atomic E-state index is 0.0857. The number of carbonyl (C=O) groups excluding carboxylic acids is 1. The molecule has 1 heterocycles. The highest BCUT2D eigenvalue weighted by Crippen LogP contribution is 2.44. The van der Waals surface area contributed by atoms with Crippen LogP contribution in [-0.2, 0) is 0 Å². The Morgan fingerprint density at radius 3 is 2.54 bits per heavy atom. The normalized spacial score (nSPS) is 11.8. The average molecular weight is 424 g/mol. The van der Waals surface area contributed by atoms with Crippen molar-refractivity contribution in [1.29, 1.82) is 0 Å². The standard InChI is InChI=1S/C11H4Cl2F5N3OS2/c12-3-1-4(13)6(5(2-3)23-11(16,17)18)19-10(22)8-7(9(14)15)20-21-24-8/h1-2,9H,(H,19,22). The Balaban J connectivity index is 2.38. The highest BCUT2D eigenvalue weighted by Gasteiger charge is 2.32. The number of anilines is 1. The van der Waals surface area contributed by atoms with Crippen LogP contribution in [0.3, 0.4) is 0 Å². The molecule has 130 valence electrons. The fourth-order valence-corrected chi connectivity index (χ4v) is 3.47. The first kappa shape index (κ1) is 19.2. The largest absolute Gasteiger partial charge is 0.446 e. The van der Waals surface area contributed by atoms with Crippen LogP contribution in [0.25, 0.3) is 0 Å². The second-order valence-electron chi connectivity index (χ2n) is 4.05. The van der Waals surface area contributed by atoms with Gasteiger partial charge in [-0.15, -0.1) is 5.10 Å². The van der Waals surface area contributed by atoms with Gasteiger partial charge in [-0.1, -0.05) is 27.7 Å². The van der Waals surface area contributed by atoms with Crippen LogP contribution in [0.1, 0.15) is 21.8 Å². The molecule has 0 fully saturated rings. The van der Waals surface area contributed by atoms with Crippen LogP contribution in [0.5, 0.6) is 0 Å². The number of nitrogens with one attached hydrogen (secondary N) is 1. The minimum Gasteiger partial charge on any atom is -0.319 e. The summed E-state index contributed by atoms with van der Waals surface area (Å²) in [4.78, 5) is 11.0. The fraction of sp³-hybridized carbons (Fsp3) is 0.182. The fourth-order valence-electron chi connectivity index (χ4n) is 1.54. The number of aromatic nitrogens is 2. The zero-order chi connectivity index (χ0) is 18.1. The van der Waals surface area contributed by atoms with E-state index in [1.807, 2.05) is 0 Å². The van der Waals surface area contributed by atoms with Gasteiger partial charge in [0, 0.05) is 9.92 Å². The Bertz CT molecular complexity index is 769. The molecule has 1 aromatic heterocycles. The Labute approximate surface area is 149 Å². The van der Waals surface area contributed by atoms with Gasteiger partial charge >= 0.3 is 5.51 Å². The van der Waals surface area contributed by atoms with E-state index in [1.165, 1.54) is 0 Å². The molecule has 2 rings (SSSR count). The van der Waals surface area contributed by atoms with Gasteiger partial charge in [0.1, 0.15) is 4.88 Å². The average Bonchev–Trinajstić information content (AvgIpc) is 2.90. The van der Waals surface area contributed by atoms with Gasteiger partial charge in [-0.3, -0.25) is 4.79 Å². The van der Waals surface area contributed by atoms with E-state index in [9.17, 15) is 26.7 Å². The van der Waals surface area contributed by atoms with E-state index >= 15 is 0 Å². The predicted octanol–water partition coefficient (Wildman–Crippen LogP) is 5.65. The summed E-state index contributed by atoms with van der Waals surface area (Å²) in [6.07, 6.45) is -3.06. The smallest absolute Gasteiger partial charge is 0.319 e. The van der Waals surface area contributed by atoms with Crippen molar-refractivity contribution in [3.63, 3.8) is 0 Å². The zero-order valence-corrected chi connectivity index (χ0v) is 14.1. The molecule has 13 heteroatoms. The topological polar surface area (TPSA) is 54.9 Å². The molecule has 0 radical (unpaired) electrons. The van der Waals surface area contributed by atoms with Crippen LogP contribution in [-0.4, -0.2) is 21.0 Å². The molecule has 0 aliphatic carbocycles. The van der Waals surface area contributed by atoms with Crippen LogP contribution in [0.15, 0.2) is 17.0 Å². The van der Waals surface area contributed by atoms with Crippen LogP contribution in [0.2, 0.25) is 10.0 Å². The maximum Gasteiger partial charge on any atom is 0.446 e. The second-order valence-corrected chi connectivity index (χ2v) is 6.76. The molecule has 1 N–H and O–H groups in total. The van der Waals surface area contributed by atoms with Gasteiger partial charge in [-0.25, -0.2) is 8.78 Å². The molecular formula is C11H4Cl2F5N3OS2. The number of halogens is 7. The first-order valence-corrected chi connectivity index (χ1v) is 8.09. The summed E-state index contributed by atoms with van der Waals surface area (Å²) >= 11 is 11.3. The number of thioether (sulfide) groups is 1. The second kappa shape index (κ2) is 7.38. The summed E-state index contributed by atoms with van der Waals surface area (Å²) in [5, 5.41) is 4.82. The third kappa shape index (κ3) is 4.68. The summed E-state index contributed by atoms with van der Waals surface area (Å²) < 4.78 is 66.5. The number of alkyl halides is 5. The van der Waals surface area contributed by atoms with Gasteiger partial charge < -0.3 is 5.32 Å². The molecule has 0 bridgehead atoms. The van der Waals surface area contributed by atoms with Crippen molar-refractivity contribution in [1.82, 2.24) is 9.59 Å². The first-order valence-electron chi connectivity index (χ1n) is 5.75. The maximum absolute atomic E-state index is 12.7. The summed E-state index contributed by atoms with van der Waals surface area (Å²) in [7, 11) is 0. The Hall–Kier alpha value is -1.17. The predicted molar refractivity (Wildman–Crippen MR) is 81.2 cm³/mol. The lowest BCUT2D eigenvalue weighted by Gasteiger charge is -2.14. The van der Waals surface area contributed by atoms with Gasteiger partial charge in [0.15, 0.2) is 5.69 Å². The van der Waals surface area contributed by atoms with E-state index < -0.39 is 50.8 Å². The number of nitrogens with zero attached hydrogens (tertiary/aromatic N) is 2. The molecule has 0 aliphatic heterocycles. The summed E-state index contributed by atoms with van der Waals surface area (Å²) in [6.45, 7) is 0. The molecule has 0 atom stereocenters. The van der Waals surface area contributed by atoms with Gasteiger partial charge in [0.25, 0.3) is 12.3 Å². The van der Waals surface area contributed by atoms with Crippen molar-refractivity contribution < 1.29 is 26.7 Å². The van der Waals surface area contributed by atoms with Gasteiger partial charge in [0.05, 0.1) is 10.7 Å². The molecule has 0 saturated carbocycles. The first-order chi connectivity index (χ1) is 11.1. The summed E-state index contributed by atoms with van der Waals surface area (Å²) in [5.41, 5.74) is -5.94. The molecule has 24 heavy (non-hydrogen) atoms. The highest BCUT2D eigenvalue weighted by molar-refractivity contribution is 8.00. The SMILES string of the molecule is O=C(Nc1c(Cl)cc(Cl)cc1SC(F)(F)F)c1snnc1C(F)F. The van der Waals surface area contributed by atoms with Crippen molar-refractivity contribution >= 4 is 58.1 Å². The minimum atomic E-state index is -4.67. The number of carbonyl (C=O) groups is 1. The van der Waals surface area contributed by atoms with Gasteiger partial charge in [-0.2, -0.15) is 13.2 Å². The van der Waals surface area contributed by atoms with Crippen molar-refractivity contribution in [3.05, 3.63) is 32.7 Å². The highest BCUT2D eigenvalue weighted by atomic mass is 35.5. The third-order valence-corrected chi connectivity index (χ3v) is 4.44. The number of amides is 1. The molecular weight excluding hydrogens is 420 g/mol. The van der Waals surface area contributed by atoms with Crippen molar-refractivity contribution in [2.45, 2.75) is 16.8 Å². The number of benzene rings is 1. The molecule has 0 aliphatic rings. The van der Waals surface area contributed by atoms with Crippen LogP contribution >= 0.6 is 46.5 Å². The lowest BCUT2D eigenvalue weighted by molar-refractivity contribution is -0.0328. The van der Waals surface area contributed by atoms with Crippen molar-refractivity contribution in [2.24, 2.45) is 0 Å². The summed E-state index contributed by atoms with van der Waals surface area (Å²) in [5.74, 6) is -1.10. The quantitative estimate of drug-likeness (QED) is 0.510. The lowest BCUT2D eigenvalue weighted by Crippen LogP contribution is -2.14. The van der Waals surface area contributed by atoms with Crippen LogP contribution < -0.4 is 5.32 Å². The molecule has 0 unspecified atom stereocenters. The lowest BCUT2D eigenvalue weighted by atomic mass is 10.3. The van der Waals surface area contributed by atoms with E-state index in [0.29, 0.717) is 11.5 Å². The van der Waals surface area contributed by atoms with E-state index in [-0.39, 0.29) is 10.0 Å². The molecule has 0 saturated heterocycles. The van der Waals surface area contributed by atoms with E-state index in [2.05, 4.69) is 14.9 Å². The number of rotatable bonds is 4. The number of hydrogen-bond donors (Lipinski definition) is 1. The molecule has 1 amide bonds. The van der Waals surface area contributed by atoms with Gasteiger partial charge in [0.2, 0.25) is 0 Å². The number of hydrogen-bond acceptors (Lipinski definition) is 5. The Morgan fingerprint density at radius 2 is 1.96 bits per heavy atom. The zero-order valence-electron chi connectivity index (χ0n) is 11.0. The Kier molecular flexibility index (Phi) is 5.89. The van der Waals surface area contributed by atoms with E-state index in [0.717, 1.165) is 12.1 Å². The monoisotopic (exact) mass is 423 g/mol. The van der Waals surface area contributed by atoms with Crippen LogP contribution in [0, 0.1) is 0 Å². The van der Waals surface area contributed by atoms with Crippen molar-refractivity contribution in [3.8, 4) is 0 Å². The van der Waals surface area contributed by atoms with Crippen molar-refractivity contribution in [2.75, 3.05) is 5.32 Å². The molecule has 0 spiro atoms. The summed E-state index contributed by atoms with van der Waals surface area (Å²) in [6, 6.07) is 2.05. The molecule has 1 aromatic carbocycles. The molecule has 4 nitrogen and oxygen atoms in total. The van der Waals surface area contributed by atoms with E-state index in [4.69, 9.17) is 23.2 Å². The van der Waals surface area contributed by atoms with Crippen LogP contribution in [0.4, 0.5) is 27.6 Å². The maximum atomic E-state index is 12.7. The third-order valence-electron chi connectivity index (χ3n) is 2.41. The molecule has 2 aromatic rings.